The summed E-state index contributed by atoms with van der Waals surface area (Å²) in [5.74, 6) is 0.740. The Morgan fingerprint density at radius 1 is 1.33 bits per heavy atom. The first kappa shape index (κ1) is 16.6. The van der Waals surface area contributed by atoms with E-state index in [9.17, 15) is 9.59 Å². The summed E-state index contributed by atoms with van der Waals surface area (Å²) in [5.41, 5.74) is 0.952. The Labute approximate surface area is 141 Å². The molecule has 7 nitrogen and oxygen atoms in total. The minimum Gasteiger partial charge on any atom is -0.497 e. The fraction of sp³-hybridized carbons (Fsp3) is 0.529. The van der Waals surface area contributed by atoms with Crippen molar-refractivity contribution in [3.63, 3.8) is 0 Å². The molecule has 7 heteroatoms. The summed E-state index contributed by atoms with van der Waals surface area (Å²) in [7, 11) is 3.27. The van der Waals surface area contributed by atoms with Crippen molar-refractivity contribution >= 4 is 11.9 Å². The van der Waals surface area contributed by atoms with E-state index in [-0.39, 0.29) is 30.6 Å². The Kier molecular flexibility index (Phi) is 4.89. The van der Waals surface area contributed by atoms with Crippen LogP contribution in [-0.4, -0.2) is 67.7 Å². The molecule has 1 aromatic rings. The van der Waals surface area contributed by atoms with E-state index in [1.54, 1.807) is 19.1 Å². The zero-order valence-electron chi connectivity index (χ0n) is 14.0. The molecule has 2 aliphatic heterocycles. The first-order valence-corrected chi connectivity index (χ1v) is 8.08. The summed E-state index contributed by atoms with van der Waals surface area (Å²) in [6.45, 7) is 1.70. The maximum Gasteiger partial charge on any atom is 0.318 e. The molecule has 24 heavy (non-hydrogen) atoms. The molecule has 1 aromatic carbocycles. The number of hydrogen-bond acceptors (Lipinski definition) is 4. The van der Waals surface area contributed by atoms with Crippen LogP contribution in [0.3, 0.4) is 0 Å². The van der Waals surface area contributed by atoms with Crippen molar-refractivity contribution in [1.82, 2.24) is 15.1 Å². The van der Waals surface area contributed by atoms with Gasteiger partial charge in [-0.15, -0.1) is 0 Å². The third-order valence-corrected chi connectivity index (χ3v) is 4.65. The van der Waals surface area contributed by atoms with Gasteiger partial charge in [0.25, 0.3) is 0 Å². The predicted molar refractivity (Wildman–Crippen MR) is 87.7 cm³/mol. The third kappa shape index (κ3) is 3.46. The number of piperazine rings is 1. The van der Waals surface area contributed by atoms with E-state index in [1.807, 2.05) is 29.2 Å². The van der Waals surface area contributed by atoms with Gasteiger partial charge in [-0.25, -0.2) is 4.79 Å². The van der Waals surface area contributed by atoms with Gasteiger partial charge in [0.2, 0.25) is 5.91 Å². The molecule has 0 spiro atoms. The minimum atomic E-state index is -0.216. The van der Waals surface area contributed by atoms with Gasteiger partial charge in [-0.2, -0.15) is 0 Å². The zero-order chi connectivity index (χ0) is 17.1. The second-order valence-electron chi connectivity index (χ2n) is 6.18. The van der Waals surface area contributed by atoms with Crippen molar-refractivity contribution in [2.45, 2.75) is 25.1 Å². The molecule has 2 saturated heterocycles. The molecule has 0 saturated carbocycles. The third-order valence-electron chi connectivity index (χ3n) is 4.65. The van der Waals surface area contributed by atoms with E-state index >= 15 is 0 Å². The van der Waals surface area contributed by atoms with E-state index in [0.717, 1.165) is 17.7 Å². The van der Waals surface area contributed by atoms with Crippen LogP contribution in [0.2, 0.25) is 0 Å². The molecule has 2 atom stereocenters. The van der Waals surface area contributed by atoms with Crippen LogP contribution in [0, 0.1) is 0 Å². The highest BCUT2D eigenvalue weighted by atomic mass is 16.5. The Morgan fingerprint density at radius 3 is 2.92 bits per heavy atom. The van der Waals surface area contributed by atoms with Crippen LogP contribution >= 0.6 is 0 Å². The number of urea groups is 1. The Morgan fingerprint density at radius 2 is 2.17 bits per heavy atom. The number of fused-ring (bicyclic) bond motifs is 1. The highest BCUT2D eigenvalue weighted by Gasteiger charge is 2.41. The Bertz CT molecular complexity index is 622. The van der Waals surface area contributed by atoms with Crippen LogP contribution in [0.4, 0.5) is 4.79 Å². The molecule has 2 fully saturated rings. The Balaban J connectivity index is 1.56. The van der Waals surface area contributed by atoms with E-state index in [0.29, 0.717) is 19.6 Å². The smallest absolute Gasteiger partial charge is 0.318 e. The van der Waals surface area contributed by atoms with E-state index in [4.69, 9.17) is 9.47 Å². The SMILES string of the molecule is COc1cccc(CNC(=O)N2CC(=O)N3C[C@@H](OC)C[C@H]3C2)c1. The lowest BCUT2D eigenvalue weighted by molar-refractivity contribution is -0.136. The van der Waals surface area contributed by atoms with E-state index in [2.05, 4.69) is 5.32 Å². The summed E-state index contributed by atoms with van der Waals surface area (Å²) in [6.07, 6.45) is 0.848. The van der Waals surface area contributed by atoms with Crippen LogP contribution in [0.15, 0.2) is 24.3 Å². The molecule has 1 N–H and O–H groups in total. The van der Waals surface area contributed by atoms with Crippen molar-refractivity contribution in [1.29, 1.82) is 0 Å². The molecule has 0 bridgehead atoms. The molecule has 2 aliphatic rings. The molecular formula is C17H23N3O4. The van der Waals surface area contributed by atoms with Gasteiger partial charge in [-0.05, 0) is 24.1 Å². The number of nitrogens with zero attached hydrogens (tertiary/aromatic N) is 2. The molecule has 130 valence electrons. The highest BCUT2D eigenvalue weighted by molar-refractivity contribution is 5.86. The van der Waals surface area contributed by atoms with Crippen LogP contribution in [0.25, 0.3) is 0 Å². The zero-order valence-corrected chi connectivity index (χ0v) is 14.0. The van der Waals surface area contributed by atoms with Crippen LogP contribution in [0.5, 0.6) is 5.75 Å². The highest BCUT2D eigenvalue weighted by Crippen LogP contribution is 2.24. The number of rotatable bonds is 4. The second-order valence-corrected chi connectivity index (χ2v) is 6.18. The standard InChI is InChI=1S/C17H23N3O4/c1-23-14-5-3-4-12(6-14)8-18-17(22)19-9-13-7-15(24-2)10-20(13)16(21)11-19/h3-6,13,15H,7-11H2,1-2H3,(H,18,22)/t13-,15-/m0/s1. The Hall–Kier alpha value is -2.28. The average Bonchev–Trinajstić information content (AvgIpc) is 3.03. The average molecular weight is 333 g/mol. The first-order valence-electron chi connectivity index (χ1n) is 8.08. The maximum absolute atomic E-state index is 12.4. The van der Waals surface area contributed by atoms with Gasteiger partial charge in [0.05, 0.1) is 19.3 Å². The fourth-order valence-corrected chi connectivity index (χ4v) is 3.32. The van der Waals surface area contributed by atoms with Crippen molar-refractivity contribution in [3.05, 3.63) is 29.8 Å². The maximum atomic E-state index is 12.4. The van der Waals surface area contributed by atoms with Gasteiger partial charge < -0.3 is 24.6 Å². The lowest BCUT2D eigenvalue weighted by atomic mass is 10.1. The number of benzene rings is 1. The topological polar surface area (TPSA) is 71.1 Å². The quantitative estimate of drug-likeness (QED) is 0.886. The molecule has 0 radical (unpaired) electrons. The van der Waals surface area contributed by atoms with Gasteiger partial charge in [0.1, 0.15) is 12.3 Å². The van der Waals surface area contributed by atoms with Crippen LogP contribution in [-0.2, 0) is 16.1 Å². The summed E-state index contributed by atoms with van der Waals surface area (Å²) in [6, 6.07) is 7.38. The lowest BCUT2D eigenvalue weighted by Crippen LogP contribution is -2.57. The van der Waals surface area contributed by atoms with Gasteiger partial charge in [-0.1, -0.05) is 12.1 Å². The largest absolute Gasteiger partial charge is 0.497 e. The van der Waals surface area contributed by atoms with Crippen molar-refractivity contribution in [2.24, 2.45) is 0 Å². The summed E-state index contributed by atoms with van der Waals surface area (Å²) in [5, 5.41) is 2.88. The van der Waals surface area contributed by atoms with Gasteiger partial charge in [-0.3, -0.25) is 4.79 Å². The summed E-state index contributed by atoms with van der Waals surface area (Å²) >= 11 is 0. The monoisotopic (exact) mass is 333 g/mol. The second kappa shape index (κ2) is 7.09. The number of amides is 3. The van der Waals surface area contributed by atoms with Crippen LogP contribution < -0.4 is 10.1 Å². The van der Waals surface area contributed by atoms with E-state index < -0.39 is 0 Å². The van der Waals surface area contributed by atoms with Crippen molar-refractivity contribution in [3.8, 4) is 5.75 Å². The number of ether oxygens (including phenoxy) is 2. The molecule has 0 aromatic heterocycles. The number of carbonyl (C=O) groups is 2. The minimum absolute atomic E-state index is 0.0117. The normalized spacial score (nSPS) is 23.2. The summed E-state index contributed by atoms with van der Waals surface area (Å²) in [4.78, 5) is 28.1. The summed E-state index contributed by atoms with van der Waals surface area (Å²) < 4.78 is 10.5. The van der Waals surface area contributed by atoms with E-state index in [1.165, 1.54) is 0 Å². The molecule has 3 amide bonds. The molecule has 0 unspecified atom stereocenters. The fourth-order valence-electron chi connectivity index (χ4n) is 3.32. The van der Waals surface area contributed by atoms with Crippen LogP contribution in [0.1, 0.15) is 12.0 Å². The number of methoxy groups -OCH3 is 2. The first-order chi connectivity index (χ1) is 11.6. The number of carbonyl (C=O) groups excluding carboxylic acids is 2. The molecular weight excluding hydrogens is 310 g/mol. The van der Waals surface area contributed by atoms with Crippen molar-refractivity contribution in [2.75, 3.05) is 33.9 Å². The number of nitrogens with one attached hydrogen (secondary N) is 1. The van der Waals surface area contributed by atoms with Crippen molar-refractivity contribution < 1.29 is 19.1 Å². The number of hydrogen-bond donors (Lipinski definition) is 1. The molecule has 2 heterocycles. The van der Waals surface area contributed by atoms with Gasteiger partial charge >= 0.3 is 6.03 Å². The lowest BCUT2D eigenvalue weighted by Gasteiger charge is -2.36. The van der Waals surface area contributed by atoms with Gasteiger partial charge in [0.15, 0.2) is 0 Å². The van der Waals surface area contributed by atoms with Gasteiger partial charge in [0, 0.05) is 26.7 Å². The molecule has 3 rings (SSSR count). The predicted octanol–water partition coefficient (Wildman–Crippen LogP) is 0.836. The molecule has 0 aliphatic carbocycles.